The van der Waals surface area contributed by atoms with E-state index < -0.39 is 6.10 Å². The lowest BCUT2D eigenvalue weighted by Gasteiger charge is -2.18. The smallest absolute Gasteiger partial charge is 0.306 e. The summed E-state index contributed by atoms with van der Waals surface area (Å²) in [6.07, 6.45) is 80.3. The van der Waals surface area contributed by atoms with Crippen molar-refractivity contribution in [3.8, 4) is 0 Å². The van der Waals surface area contributed by atoms with Crippen molar-refractivity contribution >= 4 is 17.9 Å². The summed E-state index contributed by atoms with van der Waals surface area (Å²) in [5.74, 6) is -0.888. The van der Waals surface area contributed by atoms with Crippen LogP contribution in [0.25, 0.3) is 0 Å². The van der Waals surface area contributed by atoms with Crippen LogP contribution in [-0.4, -0.2) is 37.2 Å². The molecule has 1 atom stereocenters. The van der Waals surface area contributed by atoms with Crippen LogP contribution in [0.3, 0.4) is 0 Å². The molecule has 0 aliphatic carbocycles. The van der Waals surface area contributed by atoms with Gasteiger partial charge in [0.05, 0.1) is 0 Å². The minimum Gasteiger partial charge on any atom is -0.462 e. The number of ether oxygens (including phenoxy) is 3. The summed E-state index contributed by atoms with van der Waals surface area (Å²) in [6.45, 7) is 6.61. The molecule has 0 aromatic heterocycles. The maximum absolute atomic E-state index is 12.9. The molecule has 6 heteroatoms. The molecule has 0 rings (SSSR count). The molecule has 0 spiro atoms. The highest BCUT2D eigenvalue weighted by molar-refractivity contribution is 5.71. The summed E-state index contributed by atoms with van der Waals surface area (Å²) in [4.78, 5) is 38.3. The minimum absolute atomic E-state index is 0.0824. The number of rotatable bonds is 58. The maximum atomic E-state index is 12.9. The average Bonchev–Trinajstić information content (AvgIpc) is 3.40. The molecule has 74 heavy (non-hydrogen) atoms. The molecule has 0 aromatic carbocycles. The van der Waals surface area contributed by atoms with Gasteiger partial charge in [-0.1, -0.05) is 261 Å². The largest absolute Gasteiger partial charge is 0.462 e. The molecule has 0 aliphatic rings. The Kier molecular flexibility index (Phi) is 59.7. The average molecular weight is 1030 g/mol. The maximum Gasteiger partial charge on any atom is 0.306 e. The van der Waals surface area contributed by atoms with E-state index in [2.05, 4.69) is 93.7 Å². The predicted molar refractivity (Wildman–Crippen MR) is 321 cm³/mol. The lowest BCUT2D eigenvalue weighted by Crippen LogP contribution is -2.30. The summed E-state index contributed by atoms with van der Waals surface area (Å²) in [7, 11) is 0. The third-order valence-electron chi connectivity index (χ3n) is 13.9. The van der Waals surface area contributed by atoms with Crippen LogP contribution in [0.5, 0.6) is 0 Å². The minimum atomic E-state index is -0.786. The number of carbonyl (C=O) groups is 3. The van der Waals surface area contributed by atoms with Crippen LogP contribution in [0.4, 0.5) is 0 Å². The molecule has 6 nitrogen and oxygen atoms in total. The Morgan fingerprint density at radius 2 is 0.486 bits per heavy atom. The molecule has 0 heterocycles. The lowest BCUT2D eigenvalue weighted by molar-refractivity contribution is -0.167. The normalized spacial score (nSPS) is 12.5. The first kappa shape index (κ1) is 70.8. The fourth-order valence-electron chi connectivity index (χ4n) is 9.06. The molecule has 0 bridgehead atoms. The first-order chi connectivity index (χ1) is 36.5. The van der Waals surface area contributed by atoms with Crippen molar-refractivity contribution in [2.24, 2.45) is 0 Å². The van der Waals surface area contributed by atoms with E-state index in [1.165, 1.54) is 193 Å². The van der Waals surface area contributed by atoms with Crippen molar-refractivity contribution in [2.45, 2.75) is 329 Å². The van der Waals surface area contributed by atoms with E-state index in [1.54, 1.807) is 0 Å². The van der Waals surface area contributed by atoms with Crippen molar-refractivity contribution in [1.82, 2.24) is 0 Å². The number of esters is 3. The van der Waals surface area contributed by atoms with Gasteiger partial charge in [-0.3, -0.25) is 14.4 Å². The fourth-order valence-corrected chi connectivity index (χ4v) is 9.06. The topological polar surface area (TPSA) is 78.9 Å². The molecule has 0 N–H and O–H groups in total. The van der Waals surface area contributed by atoms with E-state index in [9.17, 15) is 14.4 Å². The van der Waals surface area contributed by atoms with E-state index >= 15 is 0 Å². The van der Waals surface area contributed by atoms with Crippen molar-refractivity contribution in [3.63, 3.8) is 0 Å². The van der Waals surface area contributed by atoms with Crippen LogP contribution in [0.2, 0.25) is 0 Å². The van der Waals surface area contributed by atoms with Crippen LogP contribution < -0.4 is 0 Å². The first-order valence-corrected chi connectivity index (χ1v) is 31.9. The van der Waals surface area contributed by atoms with Gasteiger partial charge in [-0.25, -0.2) is 0 Å². The quantitative estimate of drug-likeness (QED) is 0.0261. The molecule has 0 radical (unpaired) electrons. The standard InChI is InChI=1S/C68H120O6/c1-4-7-10-13-16-19-22-25-28-31-33-34-35-38-40-43-46-49-52-55-58-61-67(70)73-64-65(63-72-66(69)60-57-54-51-48-45-42-39-36-30-27-24-21-18-15-12-9-6-3)74-68(71)62-59-56-53-50-47-44-41-37-32-29-26-23-20-17-14-11-8-5-2/h18,20-23,25,27,29-33,65H,4-17,19,24,26,28,34-64H2,1-3H3/b21-18-,23-20-,25-22-,30-27-,32-29-,33-31-. The van der Waals surface area contributed by atoms with Gasteiger partial charge in [0.15, 0.2) is 6.10 Å². The van der Waals surface area contributed by atoms with Gasteiger partial charge >= 0.3 is 17.9 Å². The van der Waals surface area contributed by atoms with E-state index in [4.69, 9.17) is 14.2 Å². The summed E-state index contributed by atoms with van der Waals surface area (Å²) in [5, 5.41) is 0. The van der Waals surface area contributed by atoms with Gasteiger partial charge in [0.25, 0.3) is 0 Å². The summed E-state index contributed by atoms with van der Waals surface area (Å²) in [5.41, 5.74) is 0. The van der Waals surface area contributed by atoms with E-state index in [0.717, 1.165) is 89.9 Å². The van der Waals surface area contributed by atoms with Crippen LogP contribution in [0.15, 0.2) is 72.9 Å². The van der Waals surface area contributed by atoms with E-state index in [1.807, 2.05) is 0 Å². The number of hydrogen-bond donors (Lipinski definition) is 0. The molecule has 0 amide bonds. The van der Waals surface area contributed by atoms with Gasteiger partial charge < -0.3 is 14.2 Å². The Morgan fingerprint density at radius 1 is 0.270 bits per heavy atom. The van der Waals surface area contributed by atoms with Crippen LogP contribution in [0, 0.1) is 0 Å². The Bertz CT molecular complexity index is 1370. The molecule has 0 saturated carbocycles. The van der Waals surface area contributed by atoms with Gasteiger partial charge in [-0.15, -0.1) is 0 Å². The monoisotopic (exact) mass is 1030 g/mol. The van der Waals surface area contributed by atoms with Crippen LogP contribution in [-0.2, 0) is 28.6 Å². The second kappa shape index (κ2) is 62.4. The molecule has 428 valence electrons. The van der Waals surface area contributed by atoms with Crippen LogP contribution in [0.1, 0.15) is 323 Å². The van der Waals surface area contributed by atoms with Gasteiger partial charge in [0.2, 0.25) is 0 Å². The Hall–Kier alpha value is -3.15. The fraction of sp³-hybridized carbons (Fsp3) is 0.779. The van der Waals surface area contributed by atoms with Gasteiger partial charge in [-0.05, 0) is 116 Å². The van der Waals surface area contributed by atoms with E-state index in [0.29, 0.717) is 19.3 Å². The predicted octanol–water partition coefficient (Wildman–Crippen LogP) is 21.7. The van der Waals surface area contributed by atoms with Crippen molar-refractivity contribution in [1.29, 1.82) is 0 Å². The summed E-state index contributed by atoms with van der Waals surface area (Å²) < 4.78 is 16.9. The molecule has 0 aliphatic heterocycles. The molecule has 1 unspecified atom stereocenters. The summed E-state index contributed by atoms with van der Waals surface area (Å²) >= 11 is 0. The highest BCUT2D eigenvalue weighted by Crippen LogP contribution is 2.16. The zero-order chi connectivity index (χ0) is 53.6. The molecule has 0 saturated heterocycles. The van der Waals surface area contributed by atoms with Gasteiger partial charge in [0, 0.05) is 19.3 Å². The molecule has 0 aromatic rings. The van der Waals surface area contributed by atoms with E-state index in [-0.39, 0.29) is 31.1 Å². The zero-order valence-electron chi connectivity index (χ0n) is 49.1. The number of hydrogen-bond acceptors (Lipinski definition) is 6. The number of allylic oxidation sites excluding steroid dienone is 12. The Labute approximate surface area is 459 Å². The Morgan fingerprint density at radius 3 is 0.784 bits per heavy atom. The van der Waals surface area contributed by atoms with Crippen molar-refractivity contribution < 1.29 is 28.6 Å². The second-order valence-corrected chi connectivity index (χ2v) is 21.3. The highest BCUT2D eigenvalue weighted by Gasteiger charge is 2.19. The van der Waals surface area contributed by atoms with Gasteiger partial charge in [0.1, 0.15) is 13.2 Å². The lowest BCUT2D eigenvalue weighted by atomic mass is 10.1. The molecular formula is C68H120O6. The molecular weight excluding hydrogens is 913 g/mol. The van der Waals surface area contributed by atoms with Crippen molar-refractivity contribution in [3.05, 3.63) is 72.9 Å². The first-order valence-electron chi connectivity index (χ1n) is 31.9. The highest BCUT2D eigenvalue weighted by atomic mass is 16.6. The Balaban J connectivity index is 4.39. The second-order valence-electron chi connectivity index (χ2n) is 21.3. The SMILES string of the molecule is CCCCC/C=C\C/C=C\CCCCCCCCCC(=O)OCC(COC(=O)CCCCCCCCCCC/C=C\C/C=C\CCCCCCC)OC(=O)CCCCCCCCC/C=C\C/C=C\CCCCCC. The number of unbranched alkanes of at least 4 members (excludes halogenated alkanes) is 35. The third kappa shape index (κ3) is 59.7. The zero-order valence-corrected chi connectivity index (χ0v) is 49.1. The van der Waals surface area contributed by atoms with Crippen LogP contribution >= 0.6 is 0 Å². The summed E-state index contributed by atoms with van der Waals surface area (Å²) in [6, 6.07) is 0. The molecule has 0 fully saturated rings. The number of carbonyl (C=O) groups excluding carboxylic acids is 3. The van der Waals surface area contributed by atoms with Gasteiger partial charge in [-0.2, -0.15) is 0 Å². The van der Waals surface area contributed by atoms with Crippen molar-refractivity contribution in [2.75, 3.05) is 13.2 Å². The third-order valence-corrected chi connectivity index (χ3v) is 13.9.